The largest absolute Gasteiger partial charge is 0.497 e. The predicted octanol–water partition coefficient (Wildman–Crippen LogP) is 4.43. The molecule has 2 aromatic heterocycles. The molecule has 0 unspecified atom stereocenters. The van der Waals surface area contributed by atoms with Gasteiger partial charge in [0.05, 0.1) is 34.9 Å². The summed E-state index contributed by atoms with van der Waals surface area (Å²) < 4.78 is 32.6. The molecule has 228 valence electrons. The Labute approximate surface area is 254 Å². The fourth-order valence-corrected chi connectivity index (χ4v) is 6.17. The Morgan fingerprint density at radius 2 is 1.91 bits per heavy atom. The Kier molecular flexibility index (Phi) is 8.50. The third-order valence-electron chi connectivity index (χ3n) is 7.36. The standard InChI is InChI=1S/C31H29FN4O7S/c1-6-34(7-2)30(38)27-17(3)33-31-35(28(27)21-15-19(41-4)9-13-25(21)42-5)29(37)26(44-31)16-20-10-12-24(43-20)18-8-11-22(32)23(14-18)36(39)40/h8-16,28H,6-7H2,1-5H3/b26-16+/t28-/m1/s1. The van der Waals surface area contributed by atoms with Crippen molar-refractivity contribution in [1.82, 2.24) is 9.47 Å². The van der Waals surface area contributed by atoms with Gasteiger partial charge < -0.3 is 18.8 Å². The first-order valence-electron chi connectivity index (χ1n) is 13.7. The van der Waals surface area contributed by atoms with Crippen LogP contribution in [-0.2, 0) is 4.79 Å². The van der Waals surface area contributed by atoms with Gasteiger partial charge in [0.25, 0.3) is 11.5 Å². The van der Waals surface area contributed by atoms with Crippen molar-refractivity contribution in [3.8, 4) is 22.8 Å². The number of fused-ring (bicyclic) bond motifs is 1. The van der Waals surface area contributed by atoms with E-state index in [9.17, 15) is 24.1 Å². The van der Waals surface area contributed by atoms with Crippen molar-refractivity contribution in [1.29, 1.82) is 0 Å². The van der Waals surface area contributed by atoms with Crippen LogP contribution in [-0.4, -0.2) is 47.6 Å². The lowest BCUT2D eigenvalue weighted by Gasteiger charge is -2.30. The molecule has 0 fully saturated rings. The van der Waals surface area contributed by atoms with Gasteiger partial charge in [-0.1, -0.05) is 11.3 Å². The van der Waals surface area contributed by atoms with Crippen LogP contribution in [0.1, 0.15) is 38.1 Å². The molecule has 0 spiro atoms. The smallest absolute Gasteiger partial charge is 0.305 e. The van der Waals surface area contributed by atoms with Crippen LogP contribution in [0.15, 0.2) is 74.0 Å². The van der Waals surface area contributed by atoms with Gasteiger partial charge in [-0.2, -0.15) is 4.39 Å². The van der Waals surface area contributed by atoms with Crippen molar-refractivity contribution >= 4 is 29.0 Å². The number of nitro benzene ring substituents is 1. The number of ether oxygens (including phenoxy) is 2. The van der Waals surface area contributed by atoms with E-state index in [1.165, 1.54) is 30.9 Å². The van der Waals surface area contributed by atoms with Gasteiger partial charge in [-0.05, 0) is 63.2 Å². The number of rotatable bonds is 9. The van der Waals surface area contributed by atoms with Crippen LogP contribution < -0.4 is 24.4 Å². The molecule has 5 rings (SSSR count). The van der Waals surface area contributed by atoms with E-state index in [-0.39, 0.29) is 16.2 Å². The fourth-order valence-electron chi connectivity index (χ4n) is 5.14. The lowest BCUT2D eigenvalue weighted by molar-refractivity contribution is -0.387. The third kappa shape index (κ3) is 5.41. The molecule has 0 saturated heterocycles. The van der Waals surface area contributed by atoms with Gasteiger partial charge in [0, 0.05) is 36.4 Å². The number of allylic oxidation sites excluding steroid dienone is 1. The maximum absolute atomic E-state index is 14.1. The van der Waals surface area contributed by atoms with Gasteiger partial charge in [-0.3, -0.25) is 24.3 Å². The van der Waals surface area contributed by atoms with Crippen LogP contribution in [0.4, 0.5) is 10.1 Å². The number of likely N-dealkylation sites (N-methyl/N-ethyl adjacent to an activating group) is 1. The maximum Gasteiger partial charge on any atom is 0.305 e. The molecule has 0 saturated carbocycles. The zero-order chi connectivity index (χ0) is 31.7. The zero-order valence-electron chi connectivity index (χ0n) is 24.6. The molecular weight excluding hydrogens is 591 g/mol. The minimum Gasteiger partial charge on any atom is -0.497 e. The van der Waals surface area contributed by atoms with Crippen LogP contribution in [0.5, 0.6) is 11.5 Å². The molecule has 1 amide bonds. The summed E-state index contributed by atoms with van der Waals surface area (Å²) in [6.07, 6.45) is 1.54. The quantitative estimate of drug-likeness (QED) is 0.200. The van der Waals surface area contributed by atoms with E-state index in [0.717, 1.165) is 23.5 Å². The summed E-state index contributed by atoms with van der Waals surface area (Å²) in [6, 6.07) is 11.0. The predicted molar refractivity (Wildman–Crippen MR) is 162 cm³/mol. The van der Waals surface area contributed by atoms with Crippen LogP contribution in [0.2, 0.25) is 0 Å². The molecule has 1 aliphatic rings. The number of nitrogens with zero attached hydrogens (tertiary/aromatic N) is 4. The van der Waals surface area contributed by atoms with Crippen molar-refractivity contribution < 1.29 is 28.0 Å². The first-order chi connectivity index (χ1) is 21.1. The highest BCUT2D eigenvalue weighted by atomic mass is 32.1. The molecule has 4 aromatic rings. The average Bonchev–Trinajstić information content (AvgIpc) is 3.60. The molecule has 0 bridgehead atoms. The van der Waals surface area contributed by atoms with Crippen LogP contribution in [0.3, 0.4) is 0 Å². The number of methoxy groups -OCH3 is 2. The van der Waals surface area contributed by atoms with Gasteiger partial charge in [0.2, 0.25) is 5.82 Å². The molecule has 2 aromatic carbocycles. The fraction of sp³-hybridized carbons (Fsp3) is 0.258. The molecule has 1 atom stereocenters. The number of carbonyl (C=O) groups excluding carboxylic acids is 1. The van der Waals surface area contributed by atoms with E-state index >= 15 is 0 Å². The first kappa shape index (κ1) is 30.4. The highest BCUT2D eigenvalue weighted by Gasteiger charge is 2.36. The molecular formula is C31H29FN4O7S. The Hall–Kier alpha value is -5.04. The molecule has 1 aliphatic heterocycles. The number of benzene rings is 2. The van der Waals surface area contributed by atoms with Crippen molar-refractivity contribution in [3.63, 3.8) is 0 Å². The Bertz CT molecular complexity index is 1990. The number of halogens is 1. The van der Waals surface area contributed by atoms with Gasteiger partial charge in [-0.15, -0.1) is 0 Å². The summed E-state index contributed by atoms with van der Waals surface area (Å²) in [5, 5.41) is 11.2. The summed E-state index contributed by atoms with van der Waals surface area (Å²) in [6.45, 7) is 6.45. The van der Waals surface area contributed by atoms with Gasteiger partial charge in [-0.25, -0.2) is 4.99 Å². The highest BCUT2D eigenvalue weighted by Crippen LogP contribution is 2.38. The van der Waals surface area contributed by atoms with Crippen LogP contribution >= 0.6 is 11.3 Å². The number of thiazole rings is 1. The van der Waals surface area contributed by atoms with E-state index in [2.05, 4.69) is 4.99 Å². The second-order valence-corrected chi connectivity index (χ2v) is 10.8. The number of hydrogen-bond acceptors (Lipinski definition) is 9. The minimum absolute atomic E-state index is 0.246. The first-order valence-corrected chi connectivity index (χ1v) is 14.5. The van der Waals surface area contributed by atoms with E-state index in [1.807, 2.05) is 13.8 Å². The van der Waals surface area contributed by atoms with E-state index in [4.69, 9.17) is 13.9 Å². The molecule has 13 heteroatoms. The van der Waals surface area contributed by atoms with E-state index in [0.29, 0.717) is 57.5 Å². The summed E-state index contributed by atoms with van der Waals surface area (Å²) in [5.41, 5.74) is 0.602. The van der Waals surface area contributed by atoms with Crippen molar-refractivity contribution in [2.45, 2.75) is 26.8 Å². The van der Waals surface area contributed by atoms with Gasteiger partial charge in [0.15, 0.2) is 4.80 Å². The number of furan rings is 1. The highest BCUT2D eigenvalue weighted by molar-refractivity contribution is 7.07. The molecule has 0 radical (unpaired) electrons. The summed E-state index contributed by atoms with van der Waals surface area (Å²) in [7, 11) is 3.05. The molecule has 44 heavy (non-hydrogen) atoms. The number of amides is 1. The Morgan fingerprint density at radius 1 is 1.16 bits per heavy atom. The second-order valence-electron chi connectivity index (χ2n) is 9.79. The van der Waals surface area contributed by atoms with Crippen molar-refractivity contribution in [3.05, 3.63) is 107 Å². The van der Waals surface area contributed by atoms with Crippen LogP contribution in [0.25, 0.3) is 17.4 Å². The normalized spacial score (nSPS) is 14.7. The van der Waals surface area contributed by atoms with Gasteiger partial charge >= 0.3 is 5.69 Å². The van der Waals surface area contributed by atoms with Crippen molar-refractivity contribution in [2.24, 2.45) is 4.99 Å². The summed E-state index contributed by atoms with van der Waals surface area (Å²) in [5.74, 6) is 0.342. The monoisotopic (exact) mass is 620 g/mol. The summed E-state index contributed by atoms with van der Waals surface area (Å²) >= 11 is 1.13. The van der Waals surface area contributed by atoms with Crippen molar-refractivity contribution in [2.75, 3.05) is 27.3 Å². The number of carbonyl (C=O) groups is 1. The second kappa shape index (κ2) is 12.3. The number of aromatic nitrogens is 1. The lowest BCUT2D eigenvalue weighted by Crippen LogP contribution is -2.43. The number of nitro groups is 1. The molecule has 0 aliphatic carbocycles. The van der Waals surface area contributed by atoms with Crippen LogP contribution in [0, 0.1) is 15.9 Å². The summed E-state index contributed by atoms with van der Waals surface area (Å²) in [4.78, 5) is 45.1. The minimum atomic E-state index is -0.956. The Morgan fingerprint density at radius 3 is 2.57 bits per heavy atom. The van der Waals surface area contributed by atoms with E-state index < -0.39 is 28.0 Å². The zero-order valence-corrected chi connectivity index (χ0v) is 25.4. The SMILES string of the molecule is CCN(CC)C(=O)C1=C(C)N=c2s/c(=C/c3ccc(-c4ccc(F)c([N+](=O)[O-])c4)o3)c(=O)n2[C@@H]1c1cc(OC)ccc1OC. The maximum atomic E-state index is 14.1. The van der Waals surface area contributed by atoms with E-state index in [1.54, 1.807) is 42.2 Å². The topological polar surface area (TPSA) is 129 Å². The molecule has 11 nitrogen and oxygen atoms in total. The molecule has 0 N–H and O–H groups in total. The number of hydrogen-bond donors (Lipinski definition) is 0. The third-order valence-corrected chi connectivity index (χ3v) is 8.34. The molecule has 3 heterocycles. The Balaban J connectivity index is 1.68. The van der Waals surface area contributed by atoms with Gasteiger partial charge in [0.1, 0.15) is 29.1 Å². The lowest BCUT2D eigenvalue weighted by atomic mass is 9.93. The average molecular weight is 621 g/mol.